The second-order valence-corrected chi connectivity index (χ2v) is 7.49. The van der Waals surface area contributed by atoms with Gasteiger partial charge in [-0.05, 0) is 25.7 Å². The van der Waals surface area contributed by atoms with Crippen LogP contribution >= 0.6 is 11.3 Å². The van der Waals surface area contributed by atoms with Crippen LogP contribution in [0, 0.1) is 12.8 Å². The number of fused-ring (bicyclic) bond motifs is 1. The van der Waals surface area contributed by atoms with E-state index in [1.807, 2.05) is 0 Å². The standard InChI is InChI=1S/C15H25N3S/c1-11(2)8-17-6-4-15-14(17)5-7-18(15)9-13-10-19-12(3)16-13/h10-11,14-15H,4-9H2,1-3H3/t14-,15-/m1/s1. The number of likely N-dealkylation sites (tertiary alicyclic amines) is 2. The minimum Gasteiger partial charge on any atom is -0.298 e. The Morgan fingerprint density at radius 1 is 1.26 bits per heavy atom. The van der Waals surface area contributed by atoms with E-state index in [9.17, 15) is 0 Å². The summed E-state index contributed by atoms with van der Waals surface area (Å²) in [5.41, 5.74) is 1.27. The molecule has 0 spiro atoms. The average molecular weight is 279 g/mol. The Kier molecular flexibility index (Phi) is 3.92. The lowest BCUT2D eigenvalue weighted by molar-refractivity contribution is 0.203. The van der Waals surface area contributed by atoms with Crippen LogP contribution in [-0.2, 0) is 6.54 Å². The van der Waals surface area contributed by atoms with Gasteiger partial charge in [0.25, 0.3) is 0 Å². The Morgan fingerprint density at radius 3 is 2.58 bits per heavy atom. The minimum atomic E-state index is 0.778. The molecule has 2 fully saturated rings. The van der Waals surface area contributed by atoms with Crippen molar-refractivity contribution in [3.63, 3.8) is 0 Å². The van der Waals surface area contributed by atoms with E-state index in [1.165, 1.54) is 43.2 Å². The third kappa shape index (κ3) is 2.86. The maximum atomic E-state index is 4.62. The van der Waals surface area contributed by atoms with E-state index in [1.54, 1.807) is 11.3 Å². The van der Waals surface area contributed by atoms with E-state index in [4.69, 9.17) is 0 Å². The Morgan fingerprint density at radius 2 is 1.95 bits per heavy atom. The molecule has 1 aromatic heterocycles. The summed E-state index contributed by atoms with van der Waals surface area (Å²) < 4.78 is 0. The Labute approximate surface area is 120 Å². The summed E-state index contributed by atoms with van der Waals surface area (Å²) in [5.74, 6) is 0.786. The summed E-state index contributed by atoms with van der Waals surface area (Å²) in [7, 11) is 0. The summed E-state index contributed by atoms with van der Waals surface area (Å²) in [6, 6.07) is 1.59. The van der Waals surface area contributed by atoms with Gasteiger partial charge in [0.2, 0.25) is 0 Å². The lowest BCUT2D eigenvalue weighted by atomic mass is 10.1. The van der Waals surface area contributed by atoms with Crippen molar-refractivity contribution in [2.24, 2.45) is 5.92 Å². The molecule has 3 rings (SSSR count). The maximum Gasteiger partial charge on any atom is 0.0897 e. The molecule has 0 aromatic carbocycles. The molecule has 0 saturated carbocycles. The molecule has 19 heavy (non-hydrogen) atoms. The summed E-state index contributed by atoms with van der Waals surface area (Å²) in [4.78, 5) is 10.0. The molecular weight excluding hydrogens is 254 g/mol. The molecule has 2 saturated heterocycles. The molecule has 2 aliphatic rings. The van der Waals surface area contributed by atoms with Crippen LogP contribution in [0.5, 0.6) is 0 Å². The maximum absolute atomic E-state index is 4.62. The predicted octanol–water partition coefficient (Wildman–Crippen LogP) is 2.76. The highest BCUT2D eigenvalue weighted by atomic mass is 32.1. The highest BCUT2D eigenvalue weighted by Crippen LogP contribution is 2.33. The molecule has 106 valence electrons. The fraction of sp³-hybridized carbons (Fsp3) is 0.800. The van der Waals surface area contributed by atoms with Gasteiger partial charge in [-0.2, -0.15) is 0 Å². The van der Waals surface area contributed by atoms with Crippen LogP contribution in [0.2, 0.25) is 0 Å². The van der Waals surface area contributed by atoms with Crippen molar-refractivity contribution in [3.8, 4) is 0 Å². The van der Waals surface area contributed by atoms with Crippen LogP contribution < -0.4 is 0 Å². The van der Waals surface area contributed by atoms with Crippen molar-refractivity contribution >= 4 is 11.3 Å². The summed E-state index contributed by atoms with van der Waals surface area (Å²) in [6.07, 6.45) is 2.70. The Bertz CT molecular complexity index is 429. The van der Waals surface area contributed by atoms with E-state index in [0.29, 0.717) is 0 Å². The summed E-state index contributed by atoms with van der Waals surface area (Å²) in [5, 5.41) is 3.42. The third-order valence-electron chi connectivity index (χ3n) is 4.44. The molecule has 0 unspecified atom stereocenters. The molecule has 2 aliphatic heterocycles. The molecule has 3 heterocycles. The highest BCUT2D eigenvalue weighted by Gasteiger charge is 2.42. The summed E-state index contributed by atoms with van der Waals surface area (Å²) >= 11 is 1.77. The van der Waals surface area contributed by atoms with E-state index in [0.717, 1.165) is 24.5 Å². The van der Waals surface area contributed by atoms with Gasteiger partial charge in [-0.15, -0.1) is 11.3 Å². The average Bonchev–Trinajstić information content (AvgIpc) is 3.00. The Balaban J connectivity index is 1.61. The zero-order chi connectivity index (χ0) is 13.4. The monoisotopic (exact) mass is 279 g/mol. The van der Waals surface area contributed by atoms with Crippen LogP contribution in [0.4, 0.5) is 0 Å². The van der Waals surface area contributed by atoms with Gasteiger partial charge in [-0.3, -0.25) is 9.80 Å². The van der Waals surface area contributed by atoms with Gasteiger partial charge in [0, 0.05) is 43.6 Å². The normalized spacial score (nSPS) is 28.4. The smallest absolute Gasteiger partial charge is 0.0897 e. The first-order chi connectivity index (χ1) is 9.13. The lowest BCUT2D eigenvalue weighted by Crippen LogP contribution is -2.37. The molecule has 4 heteroatoms. The van der Waals surface area contributed by atoms with E-state index in [2.05, 4.69) is 40.9 Å². The molecule has 0 bridgehead atoms. The number of hydrogen-bond acceptors (Lipinski definition) is 4. The van der Waals surface area contributed by atoms with Gasteiger partial charge < -0.3 is 0 Å². The molecule has 0 radical (unpaired) electrons. The van der Waals surface area contributed by atoms with Gasteiger partial charge in [-0.25, -0.2) is 4.98 Å². The van der Waals surface area contributed by atoms with Gasteiger partial charge in [-0.1, -0.05) is 13.8 Å². The predicted molar refractivity (Wildman–Crippen MR) is 80.5 cm³/mol. The molecule has 0 amide bonds. The third-order valence-corrected chi connectivity index (χ3v) is 5.26. The number of aryl methyl sites for hydroxylation is 1. The van der Waals surface area contributed by atoms with Gasteiger partial charge >= 0.3 is 0 Å². The number of nitrogens with zero attached hydrogens (tertiary/aromatic N) is 3. The zero-order valence-corrected chi connectivity index (χ0v) is 13.1. The largest absolute Gasteiger partial charge is 0.298 e. The van der Waals surface area contributed by atoms with E-state index >= 15 is 0 Å². The van der Waals surface area contributed by atoms with Gasteiger partial charge in [0.15, 0.2) is 0 Å². The zero-order valence-electron chi connectivity index (χ0n) is 12.3. The van der Waals surface area contributed by atoms with Crippen LogP contribution in [0.1, 0.15) is 37.4 Å². The SMILES string of the molecule is Cc1nc(CN2CC[C@@H]3[C@H]2CCN3CC(C)C)cs1. The minimum absolute atomic E-state index is 0.778. The van der Waals surface area contributed by atoms with E-state index in [-0.39, 0.29) is 0 Å². The molecule has 1 aromatic rings. The quantitative estimate of drug-likeness (QED) is 0.845. The van der Waals surface area contributed by atoms with Crippen molar-refractivity contribution in [1.29, 1.82) is 0 Å². The van der Waals surface area contributed by atoms with Crippen LogP contribution in [0.3, 0.4) is 0 Å². The second-order valence-electron chi connectivity index (χ2n) is 6.43. The fourth-order valence-electron chi connectivity index (χ4n) is 3.75. The van der Waals surface area contributed by atoms with Gasteiger partial charge in [0.1, 0.15) is 0 Å². The summed E-state index contributed by atoms with van der Waals surface area (Å²) in [6.45, 7) is 11.6. The topological polar surface area (TPSA) is 19.4 Å². The van der Waals surface area contributed by atoms with Crippen LogP contribution in [0.25, 0.3) is 0 Å². The van der Waals surface area contributed by atoms with Crippen molar-refractivity contribution in [3.05, 3.63) is 16.1 Å². The molecular formula is C15H25N3S. The van der Waals surface area contributed by atoms with Crippen LogP contribution in [0.15, 0.2) is 5.38 Å². The first-order valence-corrected chi connectivity index (χ1v) is 8.40. The first-order valence-electron chi connectivity index (χ1n) is 7.52. The fourth-order valence-corrected chi connectivity index (χ4v) is 4.35. The first kappa shape index (κ1) is 13.5. The Hall–Kier alpha value is -0.450. The van der Waals surface area contributed by atoms with Crippen molar-refractivity contribution in [2.75, 3.05) is 19.6 Å². The second kappa shape index (κ2) is 5.51. The van der Waals surface area contributed by atoms with E-state index < -0.39 is 0 Å². The lowest BCUT2D eigenvalue weighted by Gasteiger charge is -2.26. The van der Waals surface area contributed by atoms with Crippen molar-refractivity contribution in [2.45, 2.75) is 52.2 Å². The highest BCUT2D eigenvalue weighted by molar-refractivity contribution is 7.09. The molecule has 0 N–H and O–H groups in total. The van der Waals surface area contributed by atoms with Gasteiger partial charge in [0.05, 0.1) is 10.7 Å². The molecule has 2 atom stereocenters. The number of thiazole rings is 1. The van der Waals surface area contributed by atoms with Crippen molar-refractivity contribution in [1.82, 2.24) is 14.8 Å². The number of rotatable bonds is 4. The van der Waals surface area contributed by atoms with Crippen LogP contribution in [-0.4, -0.2) is 46.5 Å². The number of hydrogen-bond donors (Lipinski definition) is 0. The molecule has 3 nitrogen and oxygen atoms in total. The number of aromatic nitrogens is 1. The molecule has 0 aliphatic carbocycles. The van der Waals surface area contributed by atoms with Crippen molar-refractivity contribution < 1.29 is 0 Å².